The maximum atomic E-state index is 12.6. The zero-order valence-corrected chi connectivity index (χ0v) is 16.5. The van der Waals surface area contributed by atoms with E-state index in [0.717, 1.165) is 36.5 Å². The number of piperidine rings is 1. The number of carbonyl (C=O) groups excluding carboxylic acids is 1. The standard InChI is InChI=1S/C22H31N3O/c1-16(2)13-21(24-17(3)4)25-12-6-7-20(15-25)22(26)23-14-19-10-8-18(5)9-11-19/h8-11,13,20H,3,6-7,12,14-15H2,1-2,4-5H3,(H,23,26)/b24-21+/t20-/m0/s1. The van der Waals surface area contributed by atoms with Gasteiger partial charge in [0.05, 0.1) is 5.92 Å². The molecule has 0 unspecified atom stereocenters. The van der Waals surface area contributed by atoms with Gasteiger partial charge in [0.25, 0.3) is 0 Å². The van der Waals surface area contributed by atoms with Crippen molar-refractivity contribution in [2.75, 3.05) is 13.1 Å². The zero-order valence-electron chi connectivity index (χ0n) is 16.5. The molecule has 0 spiro atoms. The van der Waals surface area contributed by atoms with Gasteiger partial charge in [0.15, 0.2) is 0 Å². The summed E-state index contributed by atoms with van der Waals surface area (Å²) in [4.78, 5) is 19.4. The van der Waals surface area contributed by atoms with E-state index in [-0.39, 0.29) is 11.8 Å². The van der Waals surface area contributed by atoms with E-state index in [1.165, 1.54) is 11.1 Å². The van der Waals surface area contributed by atoms with Crippen LogP contribution in [0.25, 0.3) is 0 Å². The molecule has 140 valence electrons. The maximum Gasteiger partial charge on any atom is 0.225 e. The lowest BCUT2D eigenvalue weighted by molar-refractivity contribution is -0.126. The average molecular weight is 354 g/mol. The molecule has 4 heteroatoms. The number of nitrogens with zero attached hydrogens (tertiary/aromatic N) is 2. The van der Waals surface area contributed by atoms with Gasteiger partial charge >= 0.3 is 0 Å². The summed E-state index contributed by atoms with van der Waals surface area (Å²) in [5, 5.41) is 3.09. The van der Waals surface area contributed by atoms with Crippen LogP contribution in [0.15, 0.2) is 53.2 Å². The lowest BCUT2D eigenvalue weighted by atomic mass is 9.96. The van der Waals surface area contributed by atoms with Crippen LogP contribution in [-0.2, 0) is 11.3 Å². The minimum atomic E-state index is -0.00455. The number of hydrogen-bond donors (Lipinski definition) is 1. The van der Waals surface area contributed by atoms with E-state index in [0.29, 0.717) is 13.1 Å². The third-order valence-corrected chi connectivity index (χ3v) is 4.43. The normalized spacial score (nSPS) is 17.6. The van der Waals surface area contributed by atoms with E-state index >= 15 is 0 Å². The van der Waals surface area contributed by atoms with E-state index in [9.17, 15) is 4.79 Å². The van der Waals surface area contributed by atoms with Crippen molar-refractivity contribution in [3.63, 3.8) is 0 Å². The second kappa shape index (κ2) is 9.37. The fraction of sp³-hybridized carbons (Fsp3) is 0.455. The fourth-order valence-electron chi connectivity index (χ4n) is 3.09. The minimum Gasteiger partial charge on any atom is -0.356 e. The number of aliphatic imine (C=N–C) groups is 1. The Kier molecular flexibility index (Phi) is 7.19. The lowest BCUT2D eigenvalue weighted by Gasteiger charge is -2.33. The Labute approximate surface area is 157 Å². The summed E-state index contributed by atoms with van der Waals surface area (Å²) >= 11 is 0. The molecule has 1 aliphatic rings. The van der Waals surface area contributed by atoms with Crippen LogP contribution in [0.4, 0.5) is 0 Å². The molecule has 1 aliphatic heterocycles. The number of amides is 1. The van der Waals surface area contributed by atoms with Crippen molar-refractivity contribution in [1.82, 2.24) is 10.2 Å². The molecule has 2 rings (SSSR count). The Morgan fingerprint density at radius 3 is 2.62 bits per heavy atom. The van der Waals surface area contributed by atoms with Crippen molar-refractivity contribution in [3.05, 3.63) is 59.3 Å². The Morgan fingerprint density at radius 1 is 1.31 bits per heavy atom. The zero-order chi connectivity index (χ0) is 19.1. The Bertz CT molecular complexity index is 697. The SMILES string of the molecule is C=C(C)/N=C(\C=C(C)C)N1CCC[C@H](C(=O)NCc2ccc(C)cc2)C1. The van der Waals surface area contributed by atoms with Crippen LogP contribution in [0.1, 0.15) is 44.7 Å². The van der Waals surface area contributed by atoms with E-state index < -0.39 is 0 Å². The predicted molar refractivity (Wildman–Crippen MR) is 109 cm³/mol. The molecule has 1 aromatic carbocycles. The number of amidine groups is 1. The Balaban J connectivity index is 1.99. The molecule has 1 fully saturated rings. The van der Waals surface area contributed by atoms with E-state index in [2.05, 4.69) is 72.9 Å². The van der Waals surface area contributed by atoms with Gasteiger partial charge in [0, 0.05) is 25.3 Å². The van der Waals surface area contributed by atoms with E-state index in [4.69, 9.17) is 0 Å². The number of nitrogens with one attached hydrogen (secondary N) is 1. The molecule has 1 amide bonds. The van der Waals surface area contributed by atoms with Crippen molar-refractivity contribution in [3.8, 4) is 0 Å². The first-order valence-corrected chi connectivity index (χ1v) is 9.32. The van der Waals surface area contributed by atoms with Crippen LogP contribution in [0, 0.1) is 12.8 Å². The number of hydrogen-bond acceptors (Lipinski definition) is 2. The van der Waals surface area contributed by atoms with Crippen molar-refractivity contribution in [2.24, 2.45) is 10.9 Å². The van der Waals surface area contributed by atoms with E-state index in [1.54, 1.807) is 0 Å². The summed E-state index contributed by atoms with van der Waals surface area (Å²) in [5.41, 5.74) is 4.33. The molecule has 1 aromatic rings. The van der Waals surface area contributed by atoms with Gasteiger partial charge in [-0.2, -0.15) is 0 Å². The van der Waals surface area contributed by atoms with Gasteiger partial charge in [-0.25, -0.2) is 4.99 Å². The number of carbonyl (C=O) groups is 1. The molecule has 0 aromatic heterocycles. The summed E-state index contributed by atoms with van der Waals surface area (Å²) in [6.07, 6.45) is 3.99. The molecule has 0 saturated carbocycles. The van der Waals surface area contributed by atoms with Gasteiger partial charge in [-0.1, -0.05) is 42.0 Å². The summed E-state index contributed by atoms with van der Waals surface area (Å²) < 4.78 is 0. The molecule has 1 saturated heterocycles. The first-order valence-electron chi connectivity index (χ1n) is 9.32. The highest BCUT2D eigenvalue weighted by Gasteiger charge is 2.26. The molecule has 26 heavy (non-hydrogen) atoms. The van der Waals surface area contributed by atoms with Gasteiger partial charge in [0.2, 0.25) is 5.91 Å². The predicted octanol–water partition coefficient (Wildman–Crippen LogP) is 4.22. The van der Waals surface area contributed by atoms with Gasteiger partial charge in [0.1, 0.15) is 5.84 Å². The number of allylic oxidation sites excluding steroid dienone is 2. The molecule has 1 heterocycles. The highest BCUT2D eigenvalue weighted by molar-refractivity contribution is 5.94. The van der Waals surface area contributed by atoms with Crippen LogP contribution < -0.4 is 5.32 Å². The molecule has 0 aliphatic carbocycles. The third-order valence-electron chi connectivity index (χ3n) is 4.43. The van der Waals surface area contributed by atoms with Crippen molar-refractivity contribution in [2.45, 2.75) is 47.1 Å². The molecule has 0 radical (unpaired) electrons. The average Bonchev–Trinajstić information content (AvgIpc) is 2.60. The summed E-state index contributed by atoms with van der Waals surface area (Å²) in [5.74, 6) is 1.03. The highest BCUT2D eigenvalue weighted by Crippen LogP contribution is 2.19. The molecule has 4 nitrogen and oxygen atoms in total. The summed E-state index contributed by atoms with van der Waals surface area (Å²) in [7, 11) is 0. The topological polar surface area (TPSA) is 44.7 Å². The van der Waals surface area contributed by atoms with Gasteiger partial charge < -0.3 is 10.2 Å². The van der Waals surface area contributed by atoms with Crippen LogP contribution in [0.3, 0.4) is 0 Å². The number of aryl methyl sites for hydroxylation is 1. The van der Waals surface area contributed by atoms with Crippen LogP contribution in [-0.4, -0.2) is 29.7 Å². The molecular weight excluding hydrogens is 322 g/mol. The largest absolute Gasteiger partial charge is 0.356 e. The van der Waals surface area contributed by atoms with Crippen molar-refractivity contribution in [1.29, 1.82) is 0 Å². The maximum absolute atomic E-state index is 12.6. The molecule has 1 atom stereocenters. The lowest BCUT2D eigenvalue weighted by Crippen LogP contribution is -2.45. The second-order valence-electron chi connectivity index (χ2n) is 7.42. The Hall–Kier alpha value is -2.36. The molecule has 0 bridgehead atoms. The van der Waals surface area contributed by atoms with Gasteiger partial charge in [-0.3, -0.25) is 4.79 Å². The smallest absolute Gasteiger partial charge is 0.225 e. The number of rotatable bonds is 5. The first kappa shape index (κ1) is 20.0. The monoisotopic (exact) mass is 353 g/mol. The van der Waals surface area contributed by atoms with Crippen molar-refractivity contribution >= 4 is 11.7 Å². The summed E-state index contributed by atoms with van der Waals surface area (Å²) in [6, 6.07) is 8.28. The first-order chi connectivity index (χ1) is 12.3. The van der Waals surface area contributed by atoms with Crippen LogP contribution in [0.5, 0.6) is 0 Å². The fourth-order valence-corrected chi connectivity index (χ4v) is 3.09. The molecule has 1 N–H and O–H groups in total. The minimum absolute atomic E-state index is 0.00455. The van der Waals surface area contributed by atoms with Crippen LogP contribution >= 0.6 is 0 Å². The van der Waals surface area contributed by atoms with E-state index in [1.807, 2.05) is 6.92 Å². The van der Waals surface area contributed by atoms with Crippen molar-refractivity contribution < 1.29 is 4.79 Å². The van der Waals surface area contributed by atoms with Gasteiger partial charge in [-0.05, 0) is 52.2 Å². The highest BCUT2D eigenvalue weighted by atomic mass is 16.1. The Morgan fingerprint density at radius 2 is 2.00 bits per heavy atom. The van der Waals surface area contributed by atoms with Crippen LogP contribution in [0.2, 0.25) is 0 Å². The molecular formula is C22H31N3O. The second-order valence-corrected chi connectivity index (χ2v) is 7.42. The summed E-state index contributed by atoms with van der Waals surface area (Å²) in [6.45, 7) is 14.2. The van der Waals surface area contributed by atoms with Gasteiger partial charge in [-0.15, -0.1) is 0 Å². The third kappa shape index (κ3) is 6.17. The number of likely N-dealkylation sites (tertiary alicyclic amines) is 1. The number of benzene rings is 1. The quantitative estimate of drug-likeness (QED) is 0.636.